The molecule has 1 aliphatic carbocycles. The van der Waals surface area contributed by atoms with E-state index in [4.69, 9.17) is 5.73 Å². The lowest BCUT2D eigenvalue weighted by molar-refractivity contribution is -0.122. The van der Waals surface area contributed by atoms with Gasteiger partial charge in [-0.2, -0.15) is 8.78 Å². The summed E-state index contributed by atoms with van der Waals surface area (Å²) >= 11 is 0. The Morgan fingerprint density at radius 3 is 2.95 bits per heavy atom. The topological polar surface area (TPSA) is 64.4 Å². The number of anilines is 1. The Labute approximate surface area is 122 Å². The summed E-state index contributed by atoms with van der Waals surface area (Å²) < 4.78 is 28.7. The number of carbonyl (C=O) groups is 1. The van der Waals surface area contributed by atoms with Crippen molar-refractivity contribution in [2.45, 2.75) is 44.8 Å². The van der Waals surface area contributed by atoms with Gasteiger partial charge in [-0.15, -0.1) is 0 Å². The van der Waals surface area contributed by atoms with Crippen LogP contribution < -0.4 is 15.8 Å². The number of benzene rings is 1. The van der Waals surface area contributed by atoms with Gasteiger partial charge in [0.25, 0.3) is 0 Å². The second-order valence-corrected chi connectivity index (χ2v) is 5.72. The van der Waals surface area contributed by atoms with Gasteiger partial charge in [0.1, 0.15) is 5.75 Å². The number of hydrogen-bond donors (Lipinski definition) is 2. The molecule has 21 heavy (non-hydrogen) atoms. The van der Waals surface area contributed by atoms with Crippen LogP contribution in [0.5, 0.6) is 5.75 Å². The van der Waals surface area contributed by atoms with Gasteiger partial charge < -0.3 is 15.8 Å². The molecular formula is C15H20F2N2O2. The number of halogens is 2. The van der Waals surface area contributed by atoms with E-state index in [0.29, 0.717) is 24.4 Å². The zero-order chi connectivity index (χ0) is 15.5. The summed E-state index contributed by atoms with van der Waals surface area (Å²) in [6.45, 7) is -0.818. The minimum absolute atomic E-state index is 0.00545. The predicted molar refractivity (Wildman–Crippen MR) is 76.3 cm³/mol. The highest BCUT2D eigenvalue weighted by atomic mass is 19.3. The third kappa shape index (κ3) is 4.14. The van der Waals surface area contributed by atoms with E-state index < -0.39 is 12.2 Å². The highest BCUT2D eigenvalue weighted by Gasteiger charge is 2.37. The van der Waals surface area contributed by atoms with Crippen molar-refractivity contribution in [1.82, 2.24) is 0 Å². The molecule has 3 N–H and O–H groups in total. The Morgan fingerprint density at radius 2 is 2.29 bits per heavy atom. The Balaban J connectivity index is 2.05. The Hall–Kier alpha value is -1.69. The third-order valence-electron chi connectivity index (χ3n) is 3.80. The molecule has 0 saturated heterocycles. The van der Waals surface area contributed by atoms with E-state index in [9.17, 15) is 13.6 Å². The molecule has 0 radical (unpaired) electrons. The van der Waals surface area contributed by atoms with E-state index in [1.807, 2.05) is 0 Å². The zero-order valence-electron chi connectivity index (χ0n) is 11.9. The molecule has 2 rings (SSSR count). The molecule has 116 valence electrons. The molecule has 1 saturated carbocycles. The predicted octanol–water partition coefficient (Wildman–Crippen LogP) is 3.13. The second-order valence-electron chi connectivity index (χ2n) is 5.72. The minimum atomic E-state index is -2.89. The normalized spacial score (nSPS) is 25.7. The van der Waals surface area contributed by atoms with Crippen molar-refractivity contribution in [3.63, 3.8) is 0 Å². The monoisotopic (exact) mass is 298 g/mol. The van der Waals surface area contributed by atoms with Crippen molar-refractivity contribution in [3.05, 3.63) is 24.3 Å². The molecule has 0 aliphatic heterocycles. The average molecular weight is 298 g/mol. The molecule has 2 atom stereocenters. The molecule has 1 aromatic rings. The summed E-state index contributed by atoms with van der Waals surface area (Å²) in [4.78, 5) is 12.3. The summed E-state index contributed by atoms with van der Waals surface area (Å²) in [5.74, 6) is 0.136. The van der Waals surface area contributed by atoms with Crippen LogP contribution >= 0.6 is 0 Å². The SMILES string of the molecule is CC1CCCC(N)(C(=O)Nc2cccc(OC(F)F)c2)C1. The zero-order valence-corrected chi connectivity index (χ0v) is 11.9. The molecule has 4 nitrogen and oxygen atoms in total. The number of nitrogens with one attached hydrogen (secondary N) is 1. The van der Waals surface area contributed by atoms with E-state index in [1.54, 1.807) is 12.1 Å². The lowest BCUT2D eigenvalue weighted by Crippen LogP contribution is -2.53. The molecule has 0 aromatic heterocycles. The number of amides is 1. The van der Waals surface area contributed by atoms with Crippen molar-refractivity contribution in [2.75, 3.05) is 5.32 Å². The fourth-order valence-corrected chi connectivity index (χ4v) is 2.80. The smallest absolute Gasteiger partial charge is 0.387 e. The number of nitrogens with two attached hydrogens (primary N) is 1. The van der Waals surface area contributed by atoms with Crippen LogP contribution in [0.1, 0.15) is 32.6 Å². The summed E-state index contributed by atoms with van der Waals surface area (Å²) in [7, 11) is 0. The van der Waals surface area contributed by atoms with Crippen LogP contribution in [0, 0.1) is 5.92 Å². The molecule has 0 heterocycles. The van der Waals surface area contributed by atoms with Crippen molar-refractivity contribution in [3.8, 4) is 5.75 Å². The fourth-order valence-electron chi connectivity index (χ4n) is 2.80. The lowest BCUT2D eigenvalue weighted by Gasteiger charge is -2.35. The van der Waals surface area contributed by atoms with Crippen LogP contribution in [0.15, 0.2) is 24.3 Å². The van der Waals surface area contributed by atoms with Crippen LogP contribution in [0.25, 0.3) is 0 Å². The summed E-state index contributed by atoms with van der Waals surface area (Å²) in [5.41, 5.74) is 5.71. The standard InChI is InChI=1S/C15H20F2N2O2/c1-10-4-3-7-15(18,9-10)13(20)19-11-5-2-6-12(8-11)21-14(16)17/h2,5-6,8,10,14H,3-4,7,9,18H2,1H3,(H,19,20). The molecule has 1 fully saturated rings. The van der Waals surface area contributed by atoms with Crippen molar-refractivity contribution < 1.29 is 18.3 Å². The van der Waals surface area contributed by atoms with Crippen molar-refractivity contribution in [1.29, 1.82) is 0 Å². The first-order valence-electron chi connectivity index (χ1n) is 7.04. The van der Waals surface area contributed by atoms with Crippen molar-refractivity contribution in [2.24, 2.45) is 11.7 Å². The van der Waals surface area contributed by atoms with E-state index in [-0.39, 0.29) is 11.7 Å². The molecule has 1 aromatic carbocycles. The Kier molecular flexibility index (Phi) is 4.77. The van der Waals surface area contributed by atoms with Gasteiger partial charge >= 0.3 is 6.61 Å². The first-order chi connectivity index (χ1) is 9.89. The van der Waals surface area contributed by atoms with Gasteiger partial charge in [-0.1, -0.05) is 25.8 Å². The van der Waals surface area contributed by atoms with Crippen molar-refractivity contribution >= 4 is 11.6 Å². The average Bonchev–Trinajstić information content (AvgIpc) is 2.38. The minimum Gasteiger partial charge on any atom is -0.435 e. The molecule has 1 amide bonds. The van der Waals surface area contributed by atoms with Crippen LogP contribution in [0.2, 0.25) is 0 Å². The molecular weight excluding hydrogens is 278 g/mol. The Bertz CT molecular complexity index is 510. The van der Waals surface area contributed by atoms with Gasteiger partial charge in [-0.3, -0.25) is 4.79 Å². The number of ether oxygens (including phenoxy) is 1. The van der Waals surface area contributed by atoms with E-state index in [2.05, 4.69) is 17.0 Å². The van der Waals surface area contributed by atoms with Gasteiger partial charge in [0.2, 0.25) is 5.91 Å². The van der Waals surface area contributed by atoms with Gasteiger partial charge in [0.15, 0.2) is 0 Å². The van der Waals surface area contributed by atoms with Crippen LogP contribution in [0.4, 0.5) is 14.5 Å². The summed E-state index contributed by atoms with van der Waals surface area (Å²) in [6.07, 6.45) is 3.26. The Morgan fingerprint density at radius 1 is 1.52 bits per heavy atom. The first-order valence-corrected chi connectivity index (χ1v) is 7.04. The maximum atomic E-state index is 12.3. The van der Waals surface area contributed by atoms with Crippen LogP contribution in [0.3, 0.4) is 0 Å². The quantitative estimate of drug-likeness (QED) is 0.897. The lowest BCUT2D eigenvalue weighted by atomic mass is 9.76. The third-order valence-corrected chi connectivity index (χ3v) is 3.80. The highest BCUT2D eigenvalue weighted by Crippen LogP contribution is 2.31. The molecule has 1 aliphatic rings. The van der Waals surface area contributed by atoms with E-state index in [1.165, 1.54) is 12.1 Å². The highest BCUT2D eigenvalue weighted by molar-refractivity contribution is 5.98. The van der Waals surface area contributed by atoms with Crippen LogP contribution in [-0.2, 0) is 4.79 Å². The first kappa shape index (κ1) is 15.7. The summed E-state index contributed by atoms with van der Waals surface area (Å²) in [5, 5.41) is 2.70. The number of alkyl halides is 2. The largest absolute Gasteiger partial charge is 0.435 e. The van der Waals surface area contributed by atoms with Gasteiger partial charge in [0, 0.05) is 11.8 Å². The molecule has 2 unspecified atom stereocenters. The van der Waals surface area contributed by atoms with E-state index in [0.717, 1.165) is 12.8 Å². The number of rotatable bonds is 4. The number of hydrogen-bond acceptors (Lipinski definition) is 3. The fraction of sp³-hybridized carbons (Fsp3) is 0.533. The van der Waals surface area contributed by atoms with Crippen LogP contribution in [-0.4, -0.2) is 18.1 Å². The molecule has 0 spiro atoms. The number of carbonyl (C=O) groups excluding carboxylic acids is 1. The second kappa shape index (κ2) is 6.39. The van der Waals surface area contributed by atoms with Gasteiger partial charge in [-0.05, 0) is 30.9 Å². The maximum absolute atomic E-state index is 12.3. The summed E-state index contributed by atoms with van der Waals surface area (Å²) in [6, 6.07) is 5.92. The van der Waals surface area contributed by atoms with E-state index >= 15 is 0 Å². The van der Waals surface area contributed by atoms with Gasteiger partial charge in [-0.25, -0.2) is 0 Å². The molecule has 0 bridgehead atoms. The molecule has 6 heteroatoms. The van der Waals surface area contributed by atoms with Gasteiger partial charge in [0.05, 0.1) is 5.54 Å². The maximum Gasteiger partial charge on any atom is 0.387 e.